The number of aromatic nitrogens is 1. The van der Waals surface area contributed by atoms with Crippen LogP contribution in [0.4, 0.5) is 16.3 Å². The molecule has 23 heavy (non-hydrogen) atoms. The van der Waals surface area contributed by atoms with E-state index in [9.17, 15) is 4.79 Å². The molecule has 0 spiro atoms. The number of halogens is 1. The summed E-state index contributed by atoms with van der Waals surface area (Å²) in [5, 5.41) is 5.90. The van der Waals surface area contributed by atoms with Crippen LogP contribution in [0.2, 0.25) is 5.02 Å². The summed E-state index contributed by atoms with van der Waals surface area (Å²) in [4.78, 5) is 18.1. The first-order valence-electron chi connectivity index (χ1n) is 7.00. The van der Waals surface area contributed by atoms with E-state index < -0.39 is 0 Å². The van der Waals surface area contributed by atoms with Crippen LogP contribution in [0.15, 0.2) is 36.5 Å². The molecule has 0 saturated carbocycles. The van der Waals surface area contributed by atoms with Gasteiger partial charge in [-0.2, -0.15) is 0 Å². The van der Waals surface area contributed by atoms with Gasteiger partial charge in [0, 0.05) is 32.9 Å². The monoisotopic (exact) mass is 334 g/mol. The Labute approximate surface area is 140 Å². The standard InChI is InChI=1S/C16H19ClN4O2/c1-21(2)15-8-11(6-7-18-15)10-19-16(22)20-14-5-4-12(23-3)9-13(14)17/h4-9H,10H2,1-3H3,(H2,19,20,22). The van der Waals surface area contributed by atoms with Crippen molar-refractivity contribution in [2.24, 2.45) is 0 Å². The van der Waals surface area contributed by atoms with Crippen molar-refractivity contribution in [1.82, 2.24) is 10.3 Å². The molecule has 0 saturated heterocycles. The fourth-order valence-electron chi connectivity index (χ4n) is 1.89. The Bertz CT molecular complexity index is 692. The Hall–Kier alpha value is -2.47. The number of methoxy groups -OCH3 is 1. The van der Waals surface area contributed by atoms with Crippen molar-refractivity contribution in [3.63, 3.8) is 0 Å². The molecule has 122 valence electrons. The third kappa shape index (κ3) is 4.75. The Balaban J connectivity index is 1.94. The van der Waals surface area contributed by atoms with Gasteiger partial charge in [0.1, 0.15) is 11.6 Å². The number of rotatable bonds is 5. The fourth-order valence-corrected chi connectivity index (χ4v) is 2.11. The average molecular weight is 335 g/mol. The molecule has 0 radical (unpaired) electrons. The molecule has 1 aromatic heterocycles. The number of hydrogen-bond acceptors (Lipinski definition) is 4. The highest BCUT2D eigenvalue weighted by atomic mass is 35.5. The number of nitrogens with one attached hydrogen (secondary N) is 2. The third-order valence-electron chi connectivity index (χ3n) is 3.15. The predicted molar refractivity (Wildman–Crippen MR) is 92.4 cm³/mol. The lowest BCUT2D eigenvalue weighted by molar-refractivity contribution is 0.251. The smallest absolute Gasteiger partial charge is 0.319 e. The van der Waals surface area contributed by atoms with E-state index in [2.05, 4.69) is 15.6 Å². The van der Waals surface area contributed by atoms with Crippen molar-refractivity contribution in [3.05, 3.63) is 47.1 Å². The summed E-state index contributed by atoms with van der Waals surface area (Å²) >= 11 is 6.09. The van der Waals surface area contributed by atoms with Gasteiger partial charge >= 0.3 is 6.03 Å². The highest BCUT2D eigenvalue weighted by Gasteiger charge is 2.07. The van der Waals surface area contributed by atoms with Crippen LogP contribution in [-0.4, -0.2) is 32.2 Å². The molecule has 7 heteroatoms. The van der Waals surface area contributed by atoms with Gasteiger partial charge in [-0.1, -0.05) is 11.6 Å². The first-order chi connectivity index (χ1) is 11.0. The summed E-state index contributed by atoms with van der Waals surface area (Å²) in [7, 11) is 5.39. The molecule has 0 aliphatic heterocycles. The molecular weight excluding hydrogens is 316 g/mol. The van der Waals surface area contributed by atoms with Crippen LogP contribution in [0.1, 0.15) is 5.56 Å². The molecule has 2 amide bonds. The van der Waals surface area contributed by atoms with Crippen LogP contribution in [0.3, 0.4) is 0 Å². The average Bonchev–Trinajstić information content (AvgIpc) is 2.55. The van der Waals surface area contributed by atoms with Gasteiger partial charge in [-0.3, -0.25) is 0 Å². The highest BCUT2D eigenvalue weighted by molar-refractivity contribution is 6.33. The maximum absolute atomic E-state index is 12.0. The van der Waals surface area contributed by atoms with Crippen molar-refractivity contribution < 1.29 is 9.53 Å². The Morgan fingerprint density at radius 2 is 2.09 bits per heavy atom. The molecule has 2 rings (SSSR count). The van der Waals surface area contributed by atoms with Gasteiger partial charge in [0.15, 0.2) is 0 Å². The van der Waals surface area contributed by atoms with E-state index in [4.69, 9.17) is 16.3 Å². The fraction of sp³-hybridized carbons (Fsp3) is 0.250. The van der Waals surface area contributed by atoms with Crippen molar-refractivity contribution in [2.75, 3.05) is 31.4 Å². The maximum Gasteiger partial charge on any atom is 0.319 e. The van der Waals surface area contributed by atoms with Crippen molar-refractivity contribution >= 4 is 29.1 Å². The number of pyridine rings is 1. The van der Waals surface area contributed by atoms with Gasteiger partial charge in [-0.15, -0.1) is 0 Å². The zero-order valence-electron chi connectivity index (χ0n) is 13.3. The number of ether oxygens (including phenoxy) is 1. The van der Waals surface area contributed by atoms with Crippen LogP contribution in [0.25, 0.3) is 0 Å². The minimum atomic E-state index is -0.333. The summed E-state index contributed by atoms with van der Waals surface area (Å²) in [5.41, 5.74) is 1.48. The highest BCUT2D eigenvalue weighted by Crippen LogP contribution is 2.26. The molecule has 6 nitrogen and oxygen atoms in total. The van der Waals surface area contributed by atoms with Gasteiger partial charge in [0.25, 0.3) is 0 Å². The maximum atomic E-state index is 12.0. The molecule has 0 bridgehead atoms. The lowest BCUT2D eigenvalue weighted by Gasteiger charge is -2.13. The van der Waals surface area contributed by atoms with Crippen LogP contribution >= 0.6 is 11.6 Å². The Morgan fingerprint density at radius 1 is 1.30 bits per heavy atom. The van der Waals surface area contributed by atoms with E-state index in [1.54, 1.807) is 31.5 Å². The number of hydrogen-bond donors (Lipinski definition) is 2. The summed E-state index contributed by atoms with van der Waals surface area (Å²) < 4.78 is 5.07. The molecule has 0 aliphatic rings. The van der Waals surface area contributed by atoms with E-state index >= 15 is 0 Å². The summed E-state index contributed by atoms with van der Waals surface area (Å²) in [5.74, 6) is 1.47. The summed E-state index contributed by atoms with van der Waals surface area (Å²) in [6.45, 7) is 0.392. The summed E-state index contributed by atoms with van der Waals surface area (Å²) in [6, 6.07) is 8.50. The molecule has 0 aliphatic carbocycles. The lowest BCUT2D eigenvalue weighted by Crippen LogP contribution is -2.28. The van der Waals surface area contributed by atoms with E-state index in [1.807, 2.05) is 31.1 Å². The molecule has 1 aromatic carbocycles. The molecule has 2 aromatic rings. The van der Waals surface area contributed by atoms with Gasteiger partial charge in [-0.25, -0.2) is 9.78 Å². The summed E-state index contributed by atoms with van der Waals surface area (Å²) in [6.07, 6.45) is 1.71. The van der Waals surface area contributed by atoms with Gasteiger partial charge in [-0.05, 0) is 29.8 Å². The number of carbonyl (C=O) groups is 1. The quantitative estimate of drug-likeness (QED) is 0.881. The Kier molecular flexibility index (Phi) is 5.65. The van der Waals surface area contributed by atoms with Crippen LogP contribution in [-0.2, 0) is 6.54 Å². The van der Waals surface area contributed by atoms with Crippen LogP contribution < -0.4 is 20.3 Å². The molecule has 1 heterocycles. The minimum absolute atomic E-state index is 0.333. The van der Waals surface area contributed by atoms with Crippen LogP contribution in [0.5, 0.6) is 5.75 Å². The zero-order valence-corrected chi connectivity index (χ0v) is 14.0. The lowest BCUT2D eigenvalue weighted by atomic mass is 10.2. The molecule has 2 N–H and O–H groups in total. The number of benzene rings is 1. The number of carbonyl (C=O) groups excluding carboxylic acids is 1. The third-order valence-corrected chi connectivity index (χ3v) is 3.46. The van der Waals surface area contributed by atoms with E-state index in [-0.39, 0.29) is 6.03 Å². The van der Waals surface area contributed by atoms with E-state index in [1.165, 1.54) is 0 Å². The molecule has 0 atom stereocenters. The number of nitrogens with zero attached hydrogens (tertiary/aromatic N) is 2. The molecule has 0 fully saturated rings. The predicted octanol–water partition coefficient (Wildman–Crippen LogP) is 3.13. The first kappa shape index (κ1) is 16.9. The minimum Gasteiger partial charge on any atom is -0.497 e. The van der Waals surface area contributed by atoms with Crippen LogP contribution in [0, 0.1) is 0 Å². The van der Waals surface area contributed by atoms with Gasteiger partial charge < -0.3 is 20.3 Å². The van der Waals surface area contributed by atoms with E-state index in [0.717, 1.165) is 11.4 Å². The molecule has 0 unspecified atom stereocenters. The number of urea groups is 1. The normalized spacial score (nSPS) is 10.1. The Morgan fingerprint density at radius 3 is 2.74 bits per heavy atom. The second-order valence-electron chi connectivity index (χ2n) is 5.07. The second kappa shape index (κ2) is 7.69. The van der Waals surface area contributed by atoms with Crippen molar-refractivity contribution in [2.45, 2.75) is 6.54 Å². The van der Waals surface area contributed by atoms with Gasteiger partial charge in [0.05, 0.1) is 17.8 Å². The van der Waals surface area contributed by atoms with Crippen molar-refractivity contribution in [1.29, 1.82) is 0 Å². The first-order valence-corrected chi connectivity index (χ1v) is 7.38. The second-order valence-corrected chi connectivity index (χ2v) is 5.48. The number of amides is 2. The number of anilines is 2. The zero-order chi connectivity index (χ0) is 16.8. The SMILES string of the molecule is COc1ccc(NC(=O)NCc2ccnc(N(C)C)c2)c(Cl)c1. The van der Waals surface area contributed by atoms with Crippen molar-refractivity contribution in [3.8, 4) is 5.75 Å². The largest absolute Gasteiger partial charge is 0.497 e. The topological polar surface area (TPSA) is 66.5 Å². The van der Waals surface area contributed by atoms with Gasteiger partial charge in [0.2, 0.25) is 0 Å². The molecular formula is C16H19ClN4O2. The van der Waals surface area contributed by atoms with E-state index in [0.29, 0.717) is 23.0 Å².